The molecule has 6 heteroatoms. The summed E-state index contributed by atoms with van der Waals surface area (Å²) in [5.74, 6) is 0.397. The number of anilines is 1. The molecule has 2 aromatic rings. The predicted octanol–water partition coefficient (Wildman–Crippen LogP) is 2.80. The highest BCUT2D eigenvalue weighted by molar-refractivity contribution is 9.10. The van der Waals surface area contributed by atoms with E-state index in [2.05, 4.69) is 36.2 Å². The largest absolute Gasteiger partial charge is 0.363 e. The van der Waals surface area contributed by atoms with Crippen molar-refractivity contribution in [3.8, 4) is 0 Å². The van der Waals surface area contributed by atoms with Crippen molar-refractivity contribution >= 4 is 27.8 Å². The smallest absolute Gasteiger partial charge is 0.320 e. The second-order valence-corrected chi connectivity index (χ2v) is 4.46. The van der Waals surface area contributed by atoms with Crippen LogP contribution in [-0.2, 0) is 6.42 Å². The number of nitrogens with one attached hydrogen (secondary N) is 2. The van der Waals surface area contributed by atoms with Crippen LogP contribution >= 0.6 is 15.9 Å². The summed E-state index contributed by atoms with van der Waals surface area (Å²) in [4.78, 5) is 11.5. The minimum absolute atomic E-state index is 0.295. The van der Waals surface area contributed by atoms with Crippen molar-refractivity contribution in [2.24, 2.45) is 0 Å². The van der Waals surface area contributed by atoms with E-state index in [9.17, 15) is 4.79 Å². The van der Waals surface area contributed by atoms with Gasteiger partial charge in [-0.05, 0) is 18.1 Å². The first-order valence-electron chi connectivity index (χ1n) is 5.44. The number of hydrogen-bond acceptors (Lipinski definition) is 3. The number of urea groups is 1. The number of halogens is 1. The van der Waals surface area contributed by atoms with Crippen LogP contribution in [0.25, 0.3) is 0 Å². The van der Waals surface area contributed by atoms with Crippen LogP contribution in [0.1, 0.15) is 5.56 Å². The van der Waals surface area contributed by atoms with E-state index in [4.69, 9.17) is 0 Å². The number of aromatic nitrogens is 1. The van der Waals surface area contributed by atoms with Crippen LogP contribution < -0.4 is 10.6 Å². The van der Waals surface area contributed by atoms with Gasteiger partial charge in [0.1, 0.15) is 6.26 Å². The Labute approximate surface area is 113 Å². The molecule has 5 nitrogen and oxygen atoms in total. The van der Waals surface area contributed by atoms with Crippen LogP contribution in [0.15, 0.2) is 45.6 Å². The molecule has 1 heterocycles. The Bertz CT molecular complexity index is 514. The van der Waals surface area contributed by atoms with E-state index in [1.54, 1.807) is 6.07 Å². The van der Waals surface area contributed by atoms with Crippen molar-refractivity contribution in [2.45, 2.75) is 6.42 Å². The minimum Gasteiger partial charge on any atom is -0.363 e. The first kappa shape index (κ1) is 12.6. The molecule has 2 N–H and O–H groups in total. The van der Waals surface area contributed by atoms with E-state index in [1.807, 2.05) is 24.3 Å². The van der Waals surface area contributed by atoms with Gasteiger partial charge in [0.05, 0.1) is 0 Å². The summed E-state index contributed by atoms with van der Waals surface area (Å²) in [6, 6.07) is 9.20. The first-order chi connectivity index (χ1) is 8.75. The summed E-state index contributed by atoms with van der Waals surface area (Å²) in [5.41, 5.74) is 1.15. The molecule has 0 saturated heterocycles. The fourth-order valence-corrected chi connectivity index (χ4v) is 1.93. The maximum Gasteiger partial charge on any atom is 0.320 e. The summed E-state index contributed by atoms with van der Waals surface area (Å²) in [6.45, 7) is 0.548. The molecule has 0 unspecified atom stereocenters. The maximum absolute atomic E-state index is 11.5. The molecule has 0 spiro atoms. The van der Waals surface area contributed by atoms with Gasteiger partial charge in [-0.1, -0.05) is 39.3 Å². The van der Waals surface area contributed by atoms with Gasteiger partial charge in [0, 0.05) is 17.1 Å². The predicted molar refractivity (Wildman–Crippen MR) is 71.4 cm³/mol. The first-order valence-corrected chi connectivity index (χ1v) is 6.23. The van der Waals surface area contributed by atoms with E-state index < -0.39 is 0 Å². The van der Waals surface area contributed by atoms with Gasteiger partial charge in [-0.15, -0.1) is 0 Å². The number of benzene rings is 1. The number of amides is 2. The van der Waals surface area contributed by atoms with Crippen LogP contribution in [0, 0.1) is 0 Å². The number of nitrogens with zero attached hydrogens (tertiary/aromatic N) is 1. The quantitative estimate of drug-likeness (QED) is 0.912. The number of hydrogen-bond donors (Lipinski definition) is 2. The fourth-order valence-electron chi connectivity index (χ4n) is 1.45. The van der Waals surface area contributed by atoms with Crippen molar-refractivity contribution in [1.82, 2.24) is 10.5 Å². The highest BCUT2D eigenvalue weighted by atomic mass is 79.9. The van der Waals surface area contributed by atoms with Crippen LogP contribution in [0.3, 0.4) is 0 Å². The van der Waals surface area contributed by atoms with Gasteiger partial charge in [-0.2, -0.15) is 0 Å². The topological polar surface area (TPSA) is 67.2 Å². The molecule has 0 fully saturated rings. The minimum atomic E-state index is -0.295. The molecule has 18 heavy (non-hydrogen) atoms. The van der Waals surface area contributed by atoms with E-state index >= 15 is 0 Å². The van der Waals surface area contributed by atoms with Crippen LogP contribution in [-0.4, -0.2) is 17.7 Å². The maximum atomic E-state index is 11.5. The van der Waals surface area contributed by atoms with Crippen LogP contribution in [0.5, 0.6) is 0 Å². The summed E-state index contributed by atoms with van der Waals surface area (Å²) in [6.07, 6.45) is 2.16. The Morgan fingerprint density at radius 2 is 2.17 bits per heavy atom. The molecule has 0 aliphatic rings. The van der Waals surface area contributed by atoms with Gasteiger partial charge in [0.2, 0.25) is 0 Å². The van der Waals surface area contributed by atoms with Crippen molar-refractivity contribution in [3.63, 3.8) is 0 Å². The molecule has 0 atom stereocenters. The zero-order valence-electron chi connectivity index (χ0n) is 9.52. The van der Waals surface area contributed by atoms with Gasteiger partial charge >= 0.3 is 6.03 Å². The van der Waals surface area contributed by atoms with Gasteiger partial charge in [-0.25, -0.2) is 4.79 Å². The lowest BCUT2D eigenvalue weighted by molar-refractivity contribution is 0.252. The zero-order chi connectivity index (χ0) is 12.8. The van der Waals surface area contributed by atoms with E-state index in [-0.39, 0.29) is 6.03 Å². The van der Waals surface area contributed by atoms with E-state index in [0.717, 1.165) is 16.5 Å². The lowest BCUT2D eigenvalue weighted by Crippen LogP contribution is -2.30. The van der Waals surface area contributed by atoms with Crippen LogP contribution in [0.2, 0.25) is 0 Å². The molecule has 0 bridgehead atoms. The van der Waals surface area contributed by atoms with Gasteiger partial charge in [-0.3, -0.25) is 5.32 Å². The van der Waals surface area contributed by atoms with Crippen molar-refractivity contribution in [3.05, 3.63) is 46.6 Å². The Morgan fingerprint density at radius 3 is 2.89 bits per heavy atom. The number of rotatable bonds is 4. The summed E-state index contributed by atoms with van der Waals surface area (Å²) < 4.78 is 5.65. The van der Waals surface area contributed by atoms with Crippen LogP contribution in [0.4, 0.5) is 10.6 Å². The molecule has 1 aromatic heterocycles. The standard InChI is InChI=1S/C12H12BrN3O2/c13-10-4-2-1-3-9(10)5-7-14-12(17)15-11-6-8-18-16-11/h1-4,6,8H,5,7H2,(H2,14,15,16,17). The number of carbonyl (C=O) groups is 1. The third kappa shape index (κ3) is 3.59. The molecular weight excluding hydrogens is 298 g/mol. The lowest BCUT2D eigenvalue weighted by Gasteiger charge is -2.06. The normalized spacial score (nSPS) is 10.1. The molecule has 2 amide bonds. The Morgan fingerprint density at radius 1 is 1.33 bits per heavy atom. The van der Waals surface area contributed by atoms with E-state index in [1.165, 1.54) is 6.26 Å². The summed E-state index contributed by atoms with van der Waals surface area (Å²) >= 11 is 3.46. The second-order valence-electron chi connectivity index (χ2n) is 3.61. The highest BCUT2D eigenvalue weighted by Crippen LogP contribution is 2.15. The summed E-state index contributed by atoms with van der Waals surface area (Å²) in [7, 11) is 0. The zero-order valence-corrected chi connectivity index (χ0v) is 11.1. The molecule has 2 rings (SSSR count). The van der Waals surface area contributed by atoms with Crippen molar-refractivity contribution in [1.29, 1.82) is 0 Å². The second kappa shape index (κ2) is 6.20. The van der Waals surface area contributed by atoms with Gasteiger partial charge < -0.3 is 9.84 Å². The Balaban J connectivity index is 1.75. The van der Waals surface area contributed by atoms with Crippen molar-refractivity contribution < 1.29 is 9.32 Å². The molecule has 0 aliphatic heterocycles. The van der Waals surface area contributed by atoms with E-state index in [0.29, 0.717) is 12.4 Å². The molecule has 0 aliphatic carbocycles. The van der Waals surface area contributed by atoms with Gasteiger partial charge in [0.15, 0.2) is 5.82 Å². The Hall–Kier alpha value is -1.82. The molecule has 0 radical (unpaired) electrons. The van der Waals surface area contributed by atoms with Crippen molar-refractivity contribution in [2.75, 3.05) is 11.9 Å². The number of carbonyl (C=O) groups excluding carboxylic acids is 1. The molecule has 1 aromatic carbocycles. The Kier molecular flexibility index (Phi) is 4.35. The highest BCUT2D eigenvalue weighted by Gasteiger charge is 2.04. The molecular formula is C12H12BrN3O2. The SMILES string of the molecule is O=C(NCCc1ccccc1Br)Nc1ccon1. The fraction of sp³-hybridized carbons (Fsp3) is 0.167. The monoisotopic (exact) mass is 309 g/mol. The summed E-state index contributed by atoms with van der Waals surface area (Å²) in [5, 5.41) is 8.88. The molecule has 94 valence electrons. The molecule has 0 saturated carbocycles. The third-order valence-electron chi connectivity index (χ3n) is 2.32. The third-order valence-corrected chi connectivity index (χ3v) is 3.09. The van der Waals surface area contributed by atoms with Gasteiger partial charge in [0.25, 0.3) is 0 Å². The lowest BCUT2D eigenvalue weighted by atomic mass is 10.1. The average Bonchev–Trinajstić information content (AvgIpc) is 2.84. The average molecular weight is 310 g/mol.